The maximum absolute atomic E-state index is 4.68. The Morgan fingerprint density at radius 2 is 1.86 bits per heavy atom. The molecule has 0 spiro atoms. The molecule has 0 saturated heterocycles. The fraction of sp³-hybridized carbons (Fsp3) is 0.211. The summed E-state index contributed by atoms with van der Waals surface area (Å²) < 4.78 is 0. The summed E-state index contributed by atoms with van der Waals surface area (Å²) in [7, 11) is 0. The first-order valence-electron chi connectivity index (χ1n) is 7.31. The van der Waals surface area contributed by atoms with Gasteiger partial charge in [-0.15, -0.1) is 0 Å². The summed E-state index contributed by atoms with van der Waals surface area (Å²) in [5.41, 5.74) is 5.93. The van der Waals surface area contributed by atoms with Gasteiger partial charge >= 0.3 is 0 Å². The number of hydrogen-bond acceptors (Lipinski definition) is 2. The zero-order valence-electron chi connectivity index (χ0n) is 12.6. The molecule has 0 aromatic heterocycles. The highest BCUT2D eigenvalue weighted by molar-refractivity contribution is 6.29. The van der Waals surface area contributed by atoms with Crippen molar-refractivity contribution >= 4 is 17.1 Å². The van der Waals surface area contributed by atoms with Crippen LogP contribution in [0.2, 0.25) is 0 Å². The van der Waals surface area contributed by atoms with E-state index in [9.17, 15) is 0 Å². The van der Waals surface area contributed by atoms with Gasteiger partial charge in [-0.05, 0) is 31.0 Å². The Morgan fingerprint density at radius 1 is 1.10 bits per heavy atom. The highest BCUT2D eigenvalue weighted by atomic mass is 15.2. The Kier molecular flexibility index (Phi) is 3.61. The first-order valence-corrected chi connectivity index (χ1v) is 7.31. The monoisotopic (exact) mass is 276 g/mol. The Hall–Kier alpha value is -2.35. The molecule has 0 aliphatic carbocycles. The standard InChI is InChI=1S/C19H20N2/c1-14-9-10-18(15(2)13-14)21-12-11-20-19(21)16(3)17-7-5-4-6-8-17/h4-10,13H,3,11-12H2,1-2H3. The molecule has 0 N–H and O–H groups in total. The topological polar surface area (TPSA) is 15.6 Å². The summed E-state index contributed by atoms with van der Waals surface area (Å²) in [4.78, 5) is 6.96. The molecule has 0 unspecified atom stereocenters. The summed E-state index contributed by atoms with van der Waals surface area (Å²) in [6.07, 6.45) is 0. The summed E-state index contributed by atoms with van der Waals surface area (Å²) in [5.74, 6) is 0.994. The van der Waals surface area contributed by atoms with Crippen molar-refractivity contribution in [3.63, 3.8) is 0 Å². The quantitative estimate of drug-likeness (QED) is 0.819. The van der Waals surface area contributed by atoms with Gasteiger partial charge in [-0.3, -0.25) is 4.99 Å². The fourth-order valence-corrected chi connectivity index (χ4v) is 2.82. The third kappa shape index (κ3) is 2.62. The van der Waals surface area contributed by atoms with Crippen molar-refractivity contribution in [3.05, 3.63) is 71.8 Å². The second kappa shape index (κ2) is 5.57. The van der Waals surface area contributed by atoms with Crippen LogP contribution in [0.25, 0.3) is 5.57 Å². The molecule has 2 heteroatoms. The Morgan fingerprint density at radius 3 is 2.57 bits per heavy atom. The first kappa shape index (κ1) is 13.6. The smallest absolute Gasteiger partial charge is 0.135 e. The lowest BCUT2D eigenvalue weighted by atomic mass is 10.0. The van der Waals surface area contributed by atoms with Gasteiger partial charge in [-0.2, -0.15) is 0 Å². The minimum absolute atomic E-state index is 0.828. The number of aryl methyl sites for hydroxylation is 2. The van der Waals surface area contributed by atoms with Gasteiger partial charge in [0.1, 0.15) is 5.84 Å². The van der Waals surface area contributed by atoms with Gasteiger partial charge in [0.05, 0.1) is 6.54 Å². The normalized spacial score (nSPS) is 14.2. The maximum atomic E-state index is 4.68. The molecule has 21 heavy (non-hydrogen) atoms. The van der Waals surface area contributed by atoms with E-state index in [-0.39, 0.29) is 0 Å². The fourth-order valence-electron chi connectivity index (χ4n) is 2.82. The second-order valence-corrected chi connectivity index (χ2v) is 5.49. The summed E-state index contributed by atoms with van der Waals surface area (Å²) in [6, 6.07) is 16.8. The molecular formula is C19H20N2. The number of rotatable bonds is 3. The molecule has 2 aromatic rings. The molecule has 0 atom stereocenters. The van der Waals surface area contributed by atoms with Crippen molar-refractivity contribution in [1.82, 2.24) is 0 Å². The van der Waals surface area contributed by atoms with Crippen LogP contribution in [0.15, 0.2) is 60.1 Å². The third-order valence-electron chi connectivity index (χ3n) is 3.88. The van der Waals surface area contributed by atoms with Crippen molar-refractivity contribution in [2.75, 3.05) is 18.0 Å². The van der Waals surface area contributed by atoms with E-state index < -0.39 is 0 Å². The van der Waals surface area contributed by atoms with E-state index in [0.29, 0.717) is 0 Å². The van der Waals surface area contributed by atoms with Gasteiger partial charge in [0, 0.05) is 17.8 Å². The van der Waals surface area contributed by atoms with Crippen LogP contribution in [0.5, 0.6) is 0 Å². The van der Waals surface area contributed by atoms with Crippen LogP contribution in [0.1, 0.15) is 16.7 Å². The molecule has 2 aromatic carbocycles. The molecule has 1 aliphatic heterocycles. The second-order valence-electron chi connectivity index (χ2n) is 5.49. The molecule has 3 rings (SSSR count). The third-order valence-corrected chi connectivity index (χ3v) is 3.88. The van der Waals surface area contributed by atoms with Crippen molar-refractivity contribution in [3.8, 4) is 0 Å². The molecule has 0 saturated carbocycles. The van der Waals surface area contributed by atoms with Crippen LogP contribution in [0.3, 0.4) is 0 Å². The lowest BCUT2D eigenvalue weighted by Gasteiger charge is -2.24. The SMILES string of the molecule is C=C(C1=NCCN1c1ccc(C)cc1C)c1ccccc1. The first-order chi connectivity index (χ1) is 10.2. The average Bonchev–Trinajstić information content (AvgIpc) is 2.96. The summed E-state index contributed by atoms with van der Waals surface area (Å²) in [6.45, 7) is 10.3. The lowest BCUT2D eigenvalue weighted by molar-refractivity contribution is 1.02. The van der Waals surface area contributed by atoms with Crippen molar-refractivity contribution in [2.45, 2.75) is 13.8 Å². The van der Waals surface area contributed by atoms with Crippen molar-refractivity contribution < 1.29 is 0 Å². The van der Waals surface area contributed by atoms with E-state index in [4.69, 9.17) is 0 Å². The molecule has 0 amide bonds. The van der Waals surface area contributed by atoms with Crippen molar-refractivity contribution in [2.24, 2.45) is 4.99 Å². The van der Waals surface area contributed by atoms with Crippen LogP contribution in [0.4, 0.5) is 5.69 Å². The Labute approximate surface area is 126 Å². The number of amidine groups is 1. The molecule has 1 heterocycles. The minimum Gasteiger partial charge on any atom is -0.324 e. The predicted octanol–water partition coefficient (Wildman–Crippen LogP) is 4.24. The molecule has 0 bridgehead atoms. The minimum atomic E-state index is 0.828. The predicted molar refractivity (Wildman–Crippen MR) is 91.0 cm³/mol. The van der Waals surface area contributed by atoms with Crippen molar-refractivity contribution in [1.29, 1.82) is 0 Å². The van der Waals surface area contributed by atoms with E-state index in [0.717, 1.165) is 30.1 Å². The average molecular weight is 276 g/mol. The van der Waals surface area contributed by atoms with Gasteiger partial charge < -0.3 is 4.90 Å². The summed E-state index contributed by atoms with van der Waals surface area (Å²) >= 11 is 0. The lowest BCUT2D eigenvalue weighted by Crippen LogP contribution is -2.28. The van der Waals surface area contributed by atoms with Crippen LogP contribution < -0.4 is 4.90 Å². The van der Waals surface area contributed by atoms with Crippen LogP contribution >= 0.6 is 0 Å². The van der Waals surface area contributed by atoms with Gasteiger partial charge in [0.25, 0.3) is 0 Å². The van der Waals surface area contributed by atoms with E-state index in [1.54, 1.807) is 0 Å². The number of anilines is 1. The van der Waals surface area contributed by atoms with Gasteiger partial charge in [-0.1, -0.05) is 54.6 Å². The van der Waals surface area contributed by atoms with E-state index >= 15 is 0 Å². The van der Waals surface area contributed by atoms with Gasteiger partial charge in [-0.25, -0.2) is 0 Å². The molecule has 0 radical (unpaired) electrons. The highest BCUT2D eigenvalue weighted by Crippen LogP contribution is 2.28. The van der Waals surface area contributed by atoms with E-state index in [1.807, 2.05) is 18.2 Å². The molecule has 1 aliphatic rings. The van der Waals surface area contributed by atoms with Crippen LogP contribution in [-0.2, 0) is 0 Å². The van der Waals surface area contributed by atoms with Crippen LogP contribution in [-0.4, -0.2) is 18.9 Å². The largest absolute Gasteiger partial charge is 0.324 e. The molecule has 2 nitrogen and oxygen atoms in total. The van der Waals surface area contributed by atoms with Crippen LogP contribution in [0, 0.1) is 13.8 Å². The molecule has 0 fully saturated rings. The van der Waals surface area contributed by atoms with E-state index in [2.05, 4.69) is 60.7 Å². The van der Waals surface area contributed by atoms with E-state index in [1.165, 1.54) is 16.8 Å². The molecule has 106 valence electrons. The Balaban J connectivity index is 1.94. The highest BCUT2D eigenvalue weighted by Gasteiger charge is 2.22. The number of hydrogen-bond donors (Lipinski definition) is 0. The van der Waals surface area contributed by atoms with Gasteiger partial charge in [0.15, 0.2) is 0 Å². The molecular weight excluding hydrogens is 256 g/mol. The van der Waals surface area contributed by atoms with Gasteiger partial charge in [0.2, 0.25) is 0 Å². The summed E-state index contributed by atoms with van der Waals surface area (Å²) in [5, 5.41) is 0. The Bertz CT molecular complexity index is 699. The zero-order valence-corrected chi connectivity index (χ0v) is 12.6. The number of nitrogens with zero attached hydrogens (tertiary/aromatic N) is 2. The number of aliphatic imine (C=N–C) groups is 1. The maximum Gasteiger partial charge on any atom is 0.135 e. The number of benzene rings is 2. The zero-order chi connectivity index (χ0) is 14.8.